The Labute approximate surface area is 261 Å². The van der Waals surface area contributed by atoms with Gasteiger partial charge in [0.15, 0.2) is 0 Å². The van der Waals surface area contributed by atoms with E-state index in [9.17, 15) is 27.6 Å². The maximum Gasteiger partial charge on any atom is 0.416 e. The molecule has 0 aromatic heterocycles. The van der Waals surface area contributed by atoms with Gasteiger partial charge in [0.1, 0.15) is 5.70 Å². The summed E-state index contributed by atoms with van der Waals surface area (Å²) in [6, 6.07) is 25.4. The summed E-state index contributed by atoms with van der Waals surface area (Å²) in [5, 5.41) is 7.23. The Bertz CT molecular complexity index is 1690. The third kappa shape index (κ3) is 8.98. The van der Waals surface area contributed by atoms with Gasteiger partial charge in [-0.15, -0.1) is 11.8 Å². The Balaban J connectivity index is 1.43. The first-order chi connectivity index (χ1) is 20.9. The van der Waals surface area contributed by atoms with Crippen molar-refractivity contribution in [3.8, 4) is 0 Å². The highest BCUT2D eigenvalue weighted by molar-refractivity contribution is 8.00. The predicted octanol–water partition coefficient (Wildman–Crippen LogP) is 8.20. The zero-order chi connectivity index (χ0) is 31.9. The first kappa shape index (κ1) is 32.4. The summed E-state index contributed by atoms with van der Waals surface area (Å²) in [4.78, 5) is 39.5. The number of carbonyl (C=O) groups excluding carboxylic acids is 3. The molecule has 0 fully saturated rings. The molecule has 4 aromatic rings. The summed E-state index contributed by atoms with van der Waals surface area (Å²) >= 11 is 7.17. The van der Waals surface area contributed by atoms with E-state index < -0.39 is 34.7 Å². The average molecular weight is 638 g/mol. The predicted molar refractivity (Wildman–Crippen MR) is 169 cm³/mol. The van der Waals surface area contributed by atoms with Crippen LogP contribution in [0.2, 0.25) is 5.02 Å². The molecule has 0 aliphatic heterocycles. The van der Waals surface area contributed by atoms with Gasteiger partial charge in [0, 0.05) is 16.1 Å². The molecular weight excluding hydrogens is 611 g/mol. The van der Waals surface area contributed by atoms with Crippen molar-refractivity contribution < 1.29 is 27.6 Å². The van der Waals surface area contributed by atoms with Crippen LogP contribution < -0.4 is 16.0 Å². The van der Waals surface area contributed by atoms with Crippen molar-refractivity contribution >= 4 is 58.5 Å². The average Bonchev–Trinajstić information content (AvgIpc) is 2.98. The number of anilines is 2. The van der Waals surface area contributed by atoms with E-state index in [2.05, 4.69) is 16.0 Å². The van der Waals surface area contributed by atoms with E-state index >= 15 is 0 Å². The molecule has 11 heteroatoms. The molecule has 226 valence electrons. The first-order valence-electron chi connectivity index (χ1n) is 13.3. The number of hydrogen-bond donors (Lipinski definition) is 3. The third-order valence-electron chi connectivity index (χ3n) is 6.23. The molecule has 0 spiro atoms. The van der Waals surface area contributed by atoms with Crippen LogP contribution in [0.5, 0.6) is 0 Å². The Morgan fingerprint density at radius 1 is 0.864 bits per heavy atom. The zero-order valence-corrected chi connectivity index (χ0v) is 25.1. The van der Waals surface area contributed by atoms with Crippen LogP contribution in [0.1, 0.15) is 34.0 Å². The highest BCUT2D eigenvalue weighted by atomic mass is 35.5. The number of halogens is 4. The van der Waals surface area contributed by atoms with Gasteiger partial charge in [0.05, 0.1) is 21.5 Å². The van der Waals surface area contributed by atoms with Crippen molar-refractivity contribution in [2.75, 3.05) is 10.6 Å². The van der Waals surface area contributed by atoms with Crippen molar-refractivity contribution in [1.29, 1.82) is 0 Å². The van der Waals surface area contributed by atoms with Gasteiger partial charge < -0.3 is 16.0 Å². The number of nitrogens with one attached hydrogen (secondary N) is 3. The lowest BCUT2D eigenvalue weighted by Crippen LogP contribution is -2.30. The molecule has 6 nitrogen and oxygen atoms in total. The third-order valence-corrected chi connectivity index (χ3v) is 7.67. The molecule has 0 heterocycles. The molecule has 4 rings (SSSR count). The minimum atomic E-state index is -4.58. The molecule has 1 atom stereocenters. The highest BCUT2D eigenvalue weighted by Crippen LogP contribution is 2.34. The van der Waals surface area contributed by atoms with Gasteiger partial charge in [0.2, 0.25) is 5.91 Å². The van der Waals surface area contributed by atoms with E-state index in [-0.39, 0.29) is 16.4 Å². The molecule has 0 aliphatic carbocycles. The minimum Gasteiger partial charge on any atom is -0.324 e. The number of thioether (sulfide) groups is 1. The quantitative estimate of drug-likeness (QED) is 0.128. The molecule has 3 amide bonds. The second kappa shape index (κ2) is 14.3. The summed E-state index contributed by atoms with van der Waals surface area (Å²) in [5.74, 6) is -1.51. The van der Waals surface area contributed by atoms with E-state index in [4.69, 9.17) is 11.6 Å². The van der Waals surface area contributed by atoms with Gasteiger partial charge in [-0.25, -0.2) is 0 Å². The van der Waals surface area contributed by atoms with Gasteiger partial charge in [-0.3, -0.25) is 14.4 Å². The number of hydrogen-bond acceptors (Lipinski definition) is 4. The van der Waals surface area contributed by atoms with Gasteiger partial charge in [-0.2, -0.15) is 13.2 Å². The number of alkyl halides is 3. The second-order valence-corrected chi connectivity index (χ2v) is 11.5. The molecule has 0 radical (unpaired) electrons. The van der Waals surface area contributed by atoms with Gasteiger partial charge in [0.25, 0.3) is 11.8 Å². The lowest BCUT2D eigenvalue weighted by Gasteiger charge is -2.15. The standard InChI is InChI=1S/C33H27ClF3N3O3S/c1-20-7-6-8-22(17-20)18-29(40-31(42)23-9-4-3-5-10-23)32(43)38-25-12-14-26(15-13-25)44-21(2)30(41)39-28-19-24(33(35,36)37)11-16-27(28)34/h3-19,21H,1-2H3,(H,38,43)(H,39,41)(H,40,42)/b29-18-. The highest BCUT2D eigenvalue weighted by Gasteiger charge is 2.31. The van der Waals surface area contributed by atoms with E-state index in [1.165, 1.54) is 11.8 Å². The van der Waals surface area contributed by atoms with Crippen LogP contribution in [0, 0.1) is 6.92 Å². The van der Waals surface area contributed by atoms with E-state index in [0.29, 0.717) is 16.1 Å². The van der Waals surface area contributed by atoms with Crippen LogP contribution in [0.3, 0.4) is 0 Å². The maximum atomic E-state index is 13.3. The molecule has 4 aromatic carbocycles. The number of benzene rings is 4. The topological polar surface area (TPSA) is 87.3 Å². The fourth-order valence-corrected chi connectivity index (χ4v) is 5.01. The summed E-state index contributed by atoms with van der Waals surface area (Å²) < 4.78 is 39.2. The fraction of sp³-hybridized carbons (Fsp3) is 0.121. The lowest BCUT2D eigenvalue weighted by atomic mass is 10.1. The summed E-state index contributed by atoms with van der Waals surface area (Å²) in [7, 11) is 0. The second-order valence-electron chi connectivity index (χ2n) is 9.71. The first-order valence-corrected chi connectivity index (χ1v) is 14.6. The minimum absolute atomic E-state index is 0.0144. The van der Waals surface area contributed by atoms with E-state index in [1.54, 1.807) is 67.6 Å². The summed E-state index contributed by atoms with van der Waals surface area (Å²) in [6.07, 6.45) is -2.99. The molecule has 0 saturated carbocycles. The lowest BCUT2D eigenvalue weighted by molar-refractivity contribution is -0.137. The molecule has 3 N–H and O–H groups in total. The van der Waals surface area contributed by atoms with Crippen molar-refractivity contribution in [2.45, 2.75) is 30.2 Å². The molecule has 1 unspecified atom stereocenters. The number of carbonyl (C=O) groups is 3. The van der Waals surface area contributed by atoms with Crippen molar-refractivity contribution in [3.63, 3.8) is 0 Å². The van der Waals surface area contributed by atoms with Crippen molar-refractivity contribution in [2.24, 2.45) is 0 Å². The Hall–Kier alpha value is -4.54. The Morgan fingerprint density at radius 3 is 2.23 bits per heavy atom. The van der Waals surface area contributed by atoms with Crippen LogP contribution in [0.15, 0.2) is 108 Å². The number of amides is 3. The molecule has 0 saturated heterocycles. The Morgan fingerprint density at radius 2 is 1.57 bits per heavy atom. The monoisotopic (exact) mass is 637 g/mol. The van der Waals surface area contributed by atoms with Gasteiger partial charge in [-0.05, 0) is 80.1 Å². The summed E-state index contributed by atoms with van der Waals surface area (Å²) in [5.41, 5.74) is 1.54. The van der Waals surface area contributed by atoms with E-state index in [1.807, 2.05) is 31.2 Å². The fourth-order valence-electron chi connectivity index (χ4n) is 3.97. The Kier molecular flexibility index (Phi) is 10.5. The van der Waals surface area contributed by atoms with Gasteiger partial charge >= 0.3 is 6.18 Å². The van der Waals surface area contributed by atoms with Crippen molar-refractivity contribution in [3.05, 3.63) is 130 Å². The molecule has 44 heavy (non-hydrogen) atoms. The smallest absolute Gasteiger partial charge is 0.324 e. The van der Waals surface area contributed by atoms with Crippen LogP contribution in [-0.2, 0) is 15.8 Å². The number of aryl methyl sites for hydroxylation is 1. The molecular formula is C33H27ClF3N3O3S. The largest absolute Gasteiger partial charge is 0.416 e. The van der Waals surface area contributed by atoms with Crippen molar-refractivity contribution in [1.82, 2.24) is 5.32 Å². The van der Waals surface area contributed by atoms with Crippen LogP contribution in [-0.4, -0.2) is 23.0 Å². The van der Waals surface area contributed by atoms with Crippen LogP contribution in [0.25, 0.3) is 6.08 Å². The SMILES string of the molecule is Cc1cccc(/C=C(\NC(=O)c2ccccc2)C(=O)Nc2ccc(SC(C)C(=O)Nc3cc(C(F)(F)F)ccc3Cl)cc2)c1. The molecule has 0 aliphatic rings. The van der Waals surface area contributed by atoms with Gasteiger partial charge in [-0.1, -0.05) is 59.6 Å². The zero-order valence-electron chi connectivity index (χ0n) is 23.5. The van der Waals surface area contributed by atoms with Crippen LogP contribution in [0.4, 0.5) is 24.5 Å². The molecule has 0 bridgehead atoms. The van der Waals surface area contributed by atoms with E-state index in [0.717, 1.165) is 29.3 Å². The van der Waals surface area contributed by atoms with Crippen LogP contribution >= 0.6 is 23.4 Å². The summed E-state index contributed by atoms with van der Waals surface area (Å²) in [6.45, 7) is 3.53. The normalized spacial score (nSPS) is 12.3. The number of rotatable bonds is 9. The maximum absolute atomic E-state index is 13.3.